The highest BCUT2D eigenvalue weighted by Crippen LogP contribution is 2.27. The van der Waals surface area contributed by atoms with Crippen LogP contribution in [0.2, 0.25) is 0 Å². The Bertz CT molecular complexity index is 1250. The Balaban J connectivity index is 1.65. The van der Waals surface area contributed by atoms with Gasteiger partial charge in [-0.2, -0.15) is 0 Å². The van der Waals surface area contributed by atoms with Crippen LogP contribution in [0.25, 0.3) is 6.08 Å². The summed E-state index contributed by atoms with van der Waals surface area (Å²) in [6.45, 7) is -0.0143. The maximum atomic E-state index is 12.0. The third-order valence-corrected chi connectivity index (χ3v) is 13.5. The fourth-order valence-corrected chi connectivity index (χ4v) is 9.12. The normalized spacial score (nSPS) is 12.0. The number of phenolic OH excluding ortho intramolecular Hbond substituents is 1. The van der Waals surface area contributed by atoms with E-state index in [1.165, 1.54) is 264 Å². The van der Waals surface area contributed by atoms with Gasteiger partial charge in [-0.3, -0.25) is 4.79 Å². The van der Waals surface area contributed by atoms with E-state index in [4.69, 9.17) is 19.3 Å². The third kappa shape index (κ3) is 44.4. The average Bonchev–Trinajstić information content (AvgIpc) is 3.33. The van der Waals surface area contributed by atoms with Crippen molar-refractivity contribution in [1.82, 2.24) is 0 Å². The number of unbranched alkanes of at least 4 members (excludes halogenated alkanes) is 42. The zero-order chi connectivity index (χ0) is 48.4. The Morgan fingerprint density at radius 1 is 0.478 bits per heavy atom. The van der Waals surface area contributed by atoms with Gasteiger partial charge in [-0.15, -0.1) is 0 Å². The molecule has 3 N–H and O–H groups in total. The Morgan fingerprint density at radius 3 is 1.10 bits per heavy atom. The van der Waals surface area contributed by atoms with Crippen molar-refractivity contribution in [3.05, 3.63) is 29.8 Å². The molecule has 1 atom stereocenters. The number of phenols is 1. The van der Waals surface area contributed by atoms with Gasteiger partial charge in [-0.1, -0.05) is 269 Å². The largest absolute Gasteiger partial charge is 0.504 e. The van der Waals surface area contributed by atoms with E-state index in [0.29, 0.717) is 18.8 Å². The van der Waals surface area contributed by atoms with Crippen LogP contribution in [-0.2, 0) is 19.1 Å². The van der Waals surface area contributed by atoms with E-state index < -0.39 is 6.10 Å². The Kier molecular flexibility index (Phi) is 46.4. The van der Waals surface area contributed by atoms with E-state index >= 15 is 0 Å². The molecule has 0 heterocycles. The van der Waals surface area contributed by atoms with Crippen molar-refractivity contribution in [2.24, 2.45) is 0 Å². The van der Waals surface area contributed by atoms with Crippen molar-refractivity contribution in [3.63, 3.8) is 0 Å². The van der Waals surface area contributed by atoms with Crippen molar-refractivity contribution < 1.29 is 39.1 Å². The second-order valence-electron chi connectivity index (χ2n) is 19.9. The summed E-state index contributed by atoms with van der Waals surface area (Å²) in [5.41, 5.74) is 0.776. The molecule has 67 heavy (non-hydrogen) atoms. The predicted octanol–water partition coefficient (Wildman–Crippen LogP) is 17.0. The summed E-state index contributed by atoms with van der Waals surface area (Å²) < 4.78 is 15.3. The fourth-order valence-electron chi connectivity index (χ4n) is 9.12. The topological polar surface area (TPSA) is 123 Å². The molecule has 1 aromatic carbocycles. The standard InChI is InChI=1S/C59H106O8/c1-65-57-51-54(46-48-56(57)62)47-49-59(64)66-50-44-42-40-38-36-34-32-30-28-26-24-22-20-18-16-14-12-10-8-6-4-2-3-5-7-9-11-13-15-17-19-21-23-25-27-29-31-33-35-37-39-41-43-45-58(63)67-53-55(61)52-60/h46-49,51,55,60-62H,2-45,50,52-53H2,1H3/b49-47+/t55-/m1/s1. The van der Waals surface area contributed by atoms with Gasteiger partial charge in [0.25, 0.3) is 0 Å². The molecule has 0 aliphatic rings. The van der Waals surface area contributed by atoms with Gasteiger partial charge >= 0.3 is 11.9 Å². The molecule has 0 aliphatic heterocycles. The van der Waals surface area contributed by atoms with Crippen LogP contribution in [-0.4, -0.2) is 60.3 Å². The molecular weight excluding hydrogens is 837 g/mol. The van der Waals surface area contributed by atoms with Crippen LogP contribution in [0.15, 0.2) is 24.3 Å². The predicted molar refractivity (Wildman–Crippen MR) is 282 cm³/mol. The summed E-state index contributed by atoms with van der Waals surface area (Å²) >= 11 is 0. The highest BCUT2D eigenvalue weighted by atomic mass is 16.5. The van der Waals surface area contributed by atoms with Gasteiger partial charge in [-0.05, 0) is 36.6 Å². The molecule has 8 heteroatoms. The summed E-state index contributed by atoms with van der Waals surface area (Å²) in [4.78, 5) is 23.5. The molecule has 0 aliphatic carbocycles. The molecular formula is C59H106O8. The van der Waals surface area contributed by atoms with Gasteiger partial charge in [0.2, 0.25) is 0 Å². The maximum Gasteiger partial charge on any atom is 0.330 e. The lowest BCUT2D eigenvalue weighted by Gasteiger charge is -2.08. The average molecular weight is 943 g/mol. The Hall–Kier alpha value is -2.58. The second kappa shape index (κ2) is 49.8. The highest BCUT2D eigenvalue weighted by Gasteiger charge is 2.08. The van der Waals surface area contributed by atoms with Crippen LogP contribution in [0.1, 0.15) is 288 Å². The number of benzene rings is 1. The summed E-state index contributed by atoms with van der Waals surface area (Å²) in [7, 11) is 1.50. The molecule has 1 aromatic rings. The van der Waals surface area contributed by atoms with Crippen molar-refractivity contribution in [3.8, 4) is 11.5 Å². The maximum absolute atomic E-state index is 12.0. The molecule has 0 spiro atoms. The fraction of sp³-hybridized carbons (Fsp3) is 0.831. The molecule has 0 fully saturated rings. The summed E-state index contributed by atoms with van der Waals surface area (Å²) in [6.07, 6.45) is 61.1. The minimum Gasteiger partial charge on any atom is -0.504 e. The van der Waals surface area contributed by atoms with Gasteiger partial charge in [0, 0.05) is 12.5 Å². The quantitative estimate of drug-likeness (QED) is 0.0335. The van der Waals surface area contributed by atoms with Crippen LogP contribution in [0.5, 0.6) is 11.5 Å². The van der Waals surface area contributed by atoms with Gasteiger partial charge in [0.15, 0.2) is 11.5 Å². The minimum atomic E-state index is -0.964. The van der Waals surface area contributed by atoms with Crippen LogP contribution in [0.3, 0.4) is 0 Å². The molecule has 0 bridgehead atoms. The van der Waals surface area contributed by atoms with Crippen molar-refractivity contribution in [2.75, 3.05) is 26.9 Å². The lowest BCUT2D eigenvalue weighted by Crippen LogP contribution is -2.21. The summed E-state index contributed by atoms with van der Waals surface area (Å²) in [6, 6.07) is 4.96. The third-order valence-electron chi connectivity index (χ3n) is 13.5. The van der Waals surface area contributed by atoms with Crippen molar-refractivity contribution in [2.45, 2.75) is 289 Å². The molecule has 0 aromatic heterocycles. The van der Waals surface area contributed by atoms with Crippen molar-refractivity contribution >= 4 is 18.0 Å². The number of aliphatic hydroxyl groups is 2. The summed E-state index contributed by atoms with van der Waals surface area (Å²) in [5, 5.41) is 27.6. The van der Waals surface area contributed by atoms with E-state index in [-0.39, 0.29) is 30.9 Å². The van der Waals surface area contributed by atoms with E-state index in [1.807, 2.05) is 0 Å². The number of methoxy groups -OCH3 is 1. The lowest BCUT2D eigenvalue weighted by molar-refractivity contribution is -0.147. The first-order chi connectivity index (χ1) is 33.0. The number of hydrogen-bond donors (Lipinski definition) is 3. The molecule has 0 saturated heterocycles. The zero-order valence-corrected chi connectivity index (χ0v) is 43.6. The zero-order valence-electron chi connectivity index (χ0n) is 43.6. The molecule has 0 unspecified atom stereocenters. The van der Waals surface area contributed by atoms with Crippen LogP contribution >= 0.6 is 0 Å². The number of carbonyl (C=O) groups is 2. The molecule has 1 rings (SSSR count). The SMILES string of the molecule is COc1cc(/C=C/C(=O)OCCCCCCCCCCCCCCCCCCCCCCCCCCCCCCCCCCCCCCCCCCCCCC(=O)OC[C@H](O)CO)ccc1O. The minimum absolute atomic E-state index is 0.0786. The number of ether oxygens (including phenoxy) is 3. The highest BCUT2D eigenvalue weighted by molar-refractivity contribution is 5.87. The van der Waals surface area contributed by atoms with E-state index in [1.54, 1.807) is 24.3 Å². The van der Waals surface area contributed by atoms with E-state index in [2.05, 4.69) is 0 Å². The van der Waals surface area contributed by atoms with Crippen LogP contribution in [0, 0.1) is 0 Å². The molecule has 0 amide bonds. The Labute approximate surface area is 412 Å². The first-order valence-electron chi connectivity index (χ1n) is 28.6. The smallest absolute Gasteiger partial charge is 0.330 e. The molecule has 8 nitrogen and oxygen atoms in total. The molecule has 0 radical (unpaired) electrons. The van der Waals surface area contributed by atoms with E-state index in [0.717, 1.165) is 31.2 Å². The van der Waals surface area contributed by atoms with Gasteiger partial charge in [0.05, 0.1) is 20.3 Å². The number of hydrogen-bond acceptors (Lipinski definition) is 8. The first-order valence-corrected chi connectivity index (χ1v) is 28.6. The van der Waals surface area contributed by atoms with Crippen LogP contribution < -0.4 is 4.74 Å². The monoisotopic (exact) mass is 943 g/mol. The number of carbonyl (C=O) groups excluding carboxylic acids is 2. The number of esters is 2. The molecule has 0 saturated carbocycles. The van der Waals surface area contributed by atoms with Gasteiger partial charge in [-0.25, -0.2) is 4.79 Å². The first kappa shape index (κ1) is 62.4. The number of aromatic hydroxyl groups is 1. The van der Waals surface area contributed by atoms with Crippen molar-refractivity contribution in [1.29, 1.82) is 0 Å². The summed E-state index contributed by atoms with van der Waals surface area (Å²) in [5.74, 6) is -0.149. The number of aliphatic hydroxyl groups excluding tert-OH is 2. The van der Waals surface area contributed by atoms with E-state index in [9.17, 15) is 19.8 Å². The van der Waals surface area contributed by atoms with Gasteiger partial charge < -0.3 is 29.5 Å². The second-order valence-corrected chi connectivity index (χ2v) is 19.9. The van der Waals surface area contributed by atoms with Gasteiger partial charge in [0.1, 0.15) is 12.7 Å². The Morgan fingerprint density at radius 2 is 0.791 bits per heavy atom. The molecule has 390 valence electrons. The number of rotatable bonds is 52. The van der Waals surface area contributed by atoms with Crippen LogP contribution in [0.4, 0.5) is 0 Å². The lowest BCUT2D eigenvalue weighted by atomic mass is 10.0.